The maximum absolute atomic E-state index is 13.4. The van der Waals surface area contributed by atoms with Gasteiger partial charge < -0.3 is 19.5 Å². The molecule has 2 amide bonds. The summed E-state index contributed by atoms with van der Waals surface area (Å²) >= 11 is 7.98. The van der Waals surface area contributed by atoms with E-state index in [-0.39, 0.29) is 11.8 Å². The first-order valence-electron chi connectivity index (χ1n) is 11.7. The molecule has 3 heterocycles. The highest BCUT2D eigenvalue weighted by atomic mass is 35.5. The fraction of sp³-hybridized carbons (Fsp3) is 0.222. The average molecular weight is 521 g/mol. The van der Waals surface area contributed by atoms with Crippen molar-refractivity contribution in [1.29, 1.82) is 0 Å². The number of aryl methyl sites for hydroxylation is 1. The molecular weight excluding hydrogens is 496 g/mol. The predicted octanol–water partition coefficient (Wildman–Crippen LogP) is 5.30. The predicted molar refractivity (Wildman–Crippen MR) is 142 cm³/mol. The van der Waals surface area contributed by atoms with Gasteiger partial charge in [0.25, 0.3) is 11.8 Å². The van der Waals surface area contributed by atoms with Crippen LogP contribution < -0.4 is 15.0 Å². The minimum atomic E-state index is -0.203. The third-order valence-electron chi connectivity index (χ3n) is 6.09. The van der Waals surface area contributed by atoms with Crippen LogP contribution >= 0.6 is 22.9 Å². The van der Waals surface area contributed by atoms with Crippen molar-refractivity contribution >= 4 is 40.4 Å². The van der Waals surface area contributed by atoms with Crippen LogP contribution in [0.2, 0.25) is 5.02 Å². The van der Waals surface area contributed by atoms with Crippen LogP contribution in [0.3, 0.4) is 0 Å². The summed E-state index contributed by atoms with van der Waals surface area (Å²) in [6, 6.07) is 14.8. The van der Waals surface area contributed by atoms with Crippen LogP contribution in [-0.2, 0) is 13.0 Å². The molecule has 2 aromatic carbocycles. The van der Waals surface area contributed by atoms with Crippen molar-refractivity contribution in [3.63, 3.8) is 0 Å². The number of imidazole rings is 1. The van der Waals surface area contributed by atoms with Crippen LogP contribution in [-0.4, -0.2) is 41.6 Å². The van der Waals surface area contributed by atoms with E-state index in [1.807, 2.05) is 41.1 Å². The number of carbonyl (C=O) groups excluding carboxylic acids is 2. The van der Waals surface area contributed by atoms with Gasteiger partial charge in [0.05, 0.1) is 28.5 Å². The number of thiophene rings is 1. The SMILES string of the molecule is CN(C(=O)c1cc2c(s1)-c1ccccc1OCC2)c1ccc(C(=O)NCCCn2ccnc2)cc1Cl. The van der Waals surface area contributed by atoms with Crippen molar-refractivity contribution in [1.82, 2.24) is 14.9 Å². The molecule has 4 aromatic rings. The lowest BCUT2D eigenvalue weighted by molar-refractivity contribution is 0.0952. The second kappa shape index (κ2) is 10.6. The van der Waals surface area contributed by atoms with Crippen molar-refractivity contribution in [3.05, 3.63) is 88.3 Å². The Morgan fingerprint density at radius 1 is 1.22 bits per heavy atom. The molecule has 0 bridgehead atoms. The molecular formula is C27H25ClN4O3S. The summed E-state index contributed by atoms with van der Waals surface area (Å²) in [7, 11) is 1.70. The van der Waals surface area contributed by atoms with Crippen molar-refractivity contribution in [2.45, 2.75) is 19.4 Å². The highest BCUT2D eigenvalue weighted by Crippen LogP contribution is 2.41. The fourth-order valence-electron chi connectivity index (χ4n) is 4.18. The second-order valence-electron chi connectivity index (χ2n) is 8.50. The molecule has 9 heteroatoms. The van der Waals surface area contributed by atoms with Gasteiger partial charge in [-0.3, -0.25) is 9.59 Å². The lowest BCUT2D eigenvalue weighted by Gasteiger charge is -2.18. The van der Waals surface area contributed by atoms with Gasteiger partial charge in [-0.05, 0) is 48.4 Å². The molecule has 1 aliphatic rings. The maximum atomic E-state index is 13.4. The number of aromatic nitrogens is 2. The number of halogens is 1. The summed E-state index contributed by atoms with van der Waals surface area (Å²) in [6.07, 6.45) is 6.89. The summed E-state index contributed by atoms with van der Waals surface area (Å²) in [6.45, 7) is 1.88. The molecule has 0 aliphatic carbocycles. The van der Waals surface area contributed by atoms with Gasteiger partial charge in [0.15, 0.2) is 0 Å². The molecule has 36 heavy (non-hydrogen) atoms. The second-order valence-corrected chi connectivity index (χ2v) is 9.96. The van der Waals surface area contributed by atoms with Gasteiger partial charge in [0, 0.05) is 55.0 Å². The van der Waals surface area contributed by atoms with Gasteiger partial charge >= 0.3 is 0 Å². The Morgan fingerprint density at radius 3 is 2.89 bits per heavy atom. The number of anilines is 1. The maximum Gasteiger partial charge on any atom is 0.268 e. The van der Waals surface area contributed by atoms with E-state index in [1.54, 1.807) is 37.8 Å². The average Bonchev–Trinajstić information content (AvgIpc) is 3.53. The first-order valence-corrected chi connectivity index (χ1v) is 12.9. The van der Waals surface area contributed by atoms with Gasteiger partial charge in [0.2, 0.25) is 0 Å². The van der Waals surface area contributed by atoms with Gasteiger partial charge in [-0.1, -0.05) is 23.7 Å². The number of ether oxygens (including phenoxy) is 1. The smallest absolute Gasteiger partial charge is 0.268 e. The zero-order valence-electron chi connectivity index (χ0n) is 19.7. The Kier molecular flexibility index (Phi) is 7.06. The van der Waals surface area contributed by atoms with Gasteiger partial charge in [-0.15, -0.1) is 11.3 Å². The summed E-state index contributed by atoms with van der Waals surface area (Å²) in [4.78, 5) is 33.2. The molecule has 1 N–H and O–H groups in total. The third kappa shape index (κ3) is 5.01. The Labute approximate surface area is 218 Å². The summed E-state index contributed by atoms with van der Waals surface area (Å²) in [5, 5.41) is 3.25. The molecule has 1 aliphatic heterocycles. The molecule has 5 rings (SSSR count). The van der Waals surface area contributed by atoms with Gasteiger partial charge in [-0.25, -0.2) is 4.98 Å². The van der Waals surface area contributed by atoms with E-state index in [0.717, 1.165) is 41.1 Å². The minimum absolute atomic E-state index is 0.148. The Balaban J connectivity index is 1.27. The summed E-state index contributed by atoms with van der Waals surface area (Å²) in [5.41, 5.74) is 3.11. The first kappa shape index (κ1) is 24.1. The number of hydrogen-bond acceptors (Lipinski definition) is 5. The zero-order valence-corrected chi connectivity index (χ0v) is 21.3. The number of fused-ring (bicyclic) bond motifs is 3. The highest BCUT2D eigenvalue weighted by Gasteiger charge is 2.24. The molecule has 0 saturated heterocycles. The van der Waals surface area contributed by atoms with E-state index >= 15 is 0 Å². The van der Waals surface area contributed by atoms with Crippen LogP contribution in [0.1, 0.15) is 32.0 Å². The normalized spacial score (nSPS) is 12.2. The standard InChI is InChI=1S/C27H25ClN4O3S/c1-31(27(34)24-16-18-9-14-35-23-6-3-2-5-20(23)25(18)36-24)22-8-7-19(15-21(22)28)26(33)30-10-4-12-32-13-11-29-17-32/h2-3,5-8,11,13,15-17H,4,9-10,12,14H2,1H3,(H,30,33). The minimum Gasteiger partial charge on any atom is -0.493 e. The largest absolute Gasteiger partial charge is 0.493 e. The van der Waals surface area contributed by atoms with Crippen LogP contribution in [0.25, 0.3) is 10.4 Å². The molecule has 0 saturated carbocycles. The van der Waals surface area contributed by atoms with Gasteiger partial charge in [-0.2, -0.15) is 0 Å². The van der Waals surface area contributed by atoms with E-state index < -0.39 is 0 Å². The molecule has 0 fully saturated rings. The molecule has 0 atom stereocenters. The third-order valence-corrected chi connectivity index (χ3v) is 7.60. The van der Waals surface area contributed by atoms with Crippen molar-refractivity contribution in [2.24, 2.45) is 0 Å². The van der Waals surface area contributed by atoms with Crippen molar-refractivity contribution in [2.75, 3.05) is 25.1 Å². The lowest BCUT2D eigenvalue weighted by Crippen LogP contribution is -2.27. The molecule has 0 spiro atoms. The van der Waals surface area contributed by atoms with E-state index in [2.05, 4.69) is 10.3 Å². The van der Waals surface area contributed by atoms with Gasteiger partial charge in [0.1, 0.15) is 5.75 Å². The van der Waals surface area contributed by atoms with Crippen LogP contribution in [0.4, 0.5) is 5.69 Å². The number of nitrogens with one attached hydrogen (secondary N) is 1. The number of benzene rings is 2. The number of amides is 2. The summed E-state index contributed by atoms with van der Waals surface area (Å²) in [5.74, 6) is 0.486. The van der Waals surface area contributed by atoms with E-state index in [0.29, 0.717) is 34.3 Å². The number of carbonyl (C=O) groups is 2. The Morgan fingerprint density at radius 2 is 2.08 bits per heavy atom. The van der Waals surface area contributed by atoms with E-state index in [9.17, 15) is 9.59 Å². The van der Waals surface area contributed by atoms with Crippen molar-refractivity contribution in [3.8, 4) is 16.2 Å². The summed E-state index contributed by atoms with van der Waals surface area (Å²) < 4.78 is 7.82. The Hall–Kier alpha value is -3.62. The Bertz CT molecular complexity index is 1400. The monoisotopic (exact) mass is 520 g/mol. The lowest BCUT2D eigenvalue weighted by atomic mass is 10.1. The fourth-order valence-corrected chi connectivity index (χ4v) is 5.70. The molecule has 0 unspecified atom stereocenters. The van der Waals surface area contributed by atoms with Crippen LogP contribution in [0.5, 0.6) is 5.75 Å². The number of hydrogen-bond donors (Lipinski definition) is 1. The molecule has 184 valence electrons. The molecule has 7 nitrogen and oxygen atoms in total. The highest BCUT2D eigenvalue weighted by molar-refractivity contribution is 7.17. The number of nitrogens with zero attached hydrogens (tertiary/aromatic N) is 3. The van der Waals surface area contributed by atoms with Crippen LogP contribution in [0, 0.1) is 0 Å². The van der Waals surface area contributed by atoms with E-state index in [1.165, 1.54) is 16.2 Å². The molecule has 0 radical (unpaired) electrons. The topological polar surface area (TPSA) is 76.5 Å². The van der Waals surface area contributed by atoms with Crippen molar-refractivity contribution < 1.29 is 14.3 Å². The number of para-hydroxylation sites is 1. The van der Waals surface area contributed by atoms with Crippen LogP contribution in [0.15, 0.2) is 67.3 Å². The van der Waals surface area contributed by atoms with E-state index in [4.69, 9.17) is 16.3 Å². The zero-order chi connectivity index (χ0) is 25.1. The first-order chi connectivity index (χ1) is 17.5. The number of rotatable bonds is 7. The quantitative estimate of drug-likeness (QED) is 0.336. The molecule has 2 aromatic heterocycles.